The summed E-state index contributed by atoms with van der Waals surface area (Å²) in [7, 11) is 5.60. The third-order valence-electron chi connectivity index (χ3n) is 2.63. The molecule has 8 heteroatoms. The van der Waals surface area contributed by atoms with Crippen LogP contribution in [0.5, 0.6) is 0 Å². The van der Waals surface area contributed by atoms with Gasteiger partial charge in [-0.05, 0) is 19.1 Å². The molecule has 0 fully saturated rings. The standard InChI is InChI=1S/C11H17N5OS2/c1-5-16-9(13-14-10(16)18)8-7(6-17-4)12-11(19-8)15(2)3/h5-6H2,1-4H3,(H,14,18). The van der Waals surface area contributed by atoms with Gasteiger partial charge >= 0.3 is 0 Å². The van der Waals surface area contributed by atoms with E-state index in [4.69, 9.17) is 17.0 Å². The summed E-state index contributed by atoms with van der Waals surface area (Å²) in [6.45, 7) is 3.27. The van der Waals surface area contributed by atoms with Gasteiger partial charge in [0.05, 0.1) is 17.2 Å². The van der Waals surface area contributed by atoms with Gasteiger partial charge in [-0.1, -0.05) is 11.3 Å². The summed E-state index contributed by atoms with van der Waals surface area (Å²) in [6, 6.07) is 0. The molecule has 104 valence electrons. The molecule has 0 radical (unpaired) electrons. The number of aromatic nitrogens is 4. The number of hydrogen-bond donors (Lipinski definition) is 1. The highest BCUT2D eigenvalue weighted by atomic mass is 32.1. The quantitative estimate of drug-likeness (QED) is 0.859. The average molecular weight is 299 g/mol. The van der Waals surface area contributed by atoms with Crippen LogP contribution in [0.2, 0.25) is 0 Å². The van der Waals surface area contributed by atoms with E-state index in [1.165, 1.54) is 0 Å². The van der Waals surface area contributed by atoms with E-state index in [9.17, 15) is 0 Å². The second-order valence-electron chi connectivity index (χ2n) is 4.20. The van der Waals surface area contributed by atoms with Crippen LogP contribution >= 0.6 is 23.6 Å². The van der Waals surface area contributed by atoms with E-state index in [2.05, 4.69) is 15.2 Å². The molecule has 0 saturated heterocycles. The van der Waals surface area contributed by atoms with Crippen LogP contribution in [0.1, 0.15) is 12.6 Å². The van der Waals surface area contributed by atoms with Crippen LogP contribution in [0.4, 0.5) is 5.13 Å². The van der Waals surface area contributed by atoms with Gasteiger partial charge in [-0.25, -0.2) is 4.98 Å². The molecule has 19 heavy (non-hydrogen) atoms. The topological polar surface area (TPSA) is 59.0 Å². The number of ether oxygens (including phenoxy) is 1. The zero-order chi connectivity index (χ0) is 14.0. The summed E-state index contributed by atoms with van der Waals surface area (Å²) < 4.78 is 7.80. The highest BCUT2D eigenvalue weighted by molar-refractivity contribution is 7.71. The van der Waals surface area contributed by atoms with Crippen molar-refractivity contribution < 1.29 is 4.74 Å². The normalized spacial score (nSPS) is 10.9. The summed E-state index contributed by atoms with van der Waals surface area (Å²) in [4.78, 5) is 7.56. The Morgan fingerprint density at radius 3 is 2.79 bits per heavy atom. The Morgan fingerprint density at radius 1 is 1.47 bits per heavy atom. The van der Waals surface area contributed by atoms with E-state index < -0.39 is 0 Å². The molecule has 0 unspecified atom stereocenters. The van der Waals surface area contributed by atoms with Crippen molar-refractivity contribution in [3.8, 4) is 10.7 Å². The molecule has 0 amide bonds. The fraction of sp³-hybridized carbons (Fsp3) is 0.545. The lowest BCUT2D eigenvalue weighted by Crippen LogP contribution is -2.08. The van der Waals surface area contributed by atoms with Crippen molar-refractivity contribution in [2.45, 2.75) is 20.1 Å². The van der Waals surface area contributed by atoms with E-state index in [-0.39, 0.29) is 0 Å². The minimum Gasteiger partial charge on any atom is -0.378 e. The minimum absolute atomic E-state index is 0.461. The first-order valence-electron chi connectivity index (χ1n) is 5.90. The fourth-order valence-electron chi connectivity index (χ4n) is 1.72. The molecule has 2 heterocycles. The number of H-pyrrole nitrogens is 1. The highest BCUT2D eigenvalue weighted by Gasteiger charge is 2.18. The Labute approximate surface area is 121 Å². The molecule has 0 aliphatic carbocycles. The second-order valence-corrected chi connectivity index (χ2v) is 5.56. The predicted octanol–water partition coefficient (Wildman–Crippen LogP) is 2.30. The van der Waals surface area contributed by atoms with Crippen molar-refractivity contribution in [2.24, 2.45) is 0 Å². The second kappa shape index (κ2) is 5.81. The van der Waals surface area contributed by atoms with Crippen LogP contribution in [0.3, 0.4) is 0 Å². The number of anilines is 1. The molecule has 0 aliphatic rings. The average Bonchev–Trinajstić information content (AvgIpc) is 2.93. The van der Waals surface area contributed by atoms with Crippen LogP contribution in [-0.2, 0) is 17.9 Å². The van der Waals surface area contributed by atoms with Gasteiger partial charge in [0.1, 0.15) is 0 Å². The van der Waals surface area contributed by atoms with Crippen LogP contribution in [0.15, 0.2) is 0 Å². The fourth-order valence-corrected chi connectivity index (χ4v) is 2.98. The molecule has 2 rings (SSSR count). The zero-order valence-corrected chi connectivity index (χ0v) is 13.1. The van der Waals surface area contributed by atoms with Crippen LogP contribution in [0.25, 0.3) is 10.7 Å². The molecule has 0 aliphatic heterocycles. The van der Waals surface area contributed by atoms with Gasteiger partial charge in [0.2, 0.25) is 0 Å². The summed E-state index contributed by atoms with van der Waals surface area (Å²) in [6.07, 6.45) is 0. The lowest BCUT2D eigenvalue weighted by molar-refractivity contribution is 0.182. The predicted molar refractivity (Wildman–Crippen MR) is 79.2 cm³/mol. The monoisotopic (exact) mass is 299 g/mol. The number of thiazole rings is 1. The van der Waals surface area contributed by atoms with Crippen LogP contribution in [-0.4, -0.2) is 41.0 Å². The summed E-state index contributed by atoms with van der Waals surface area (Å²) in [5, 5.41) is 8.08. The molecule has 2 aromatic heterocycles. The largest absolute Gasteiger partial charge is 0.378 e. The minimum atomic E-state index is 0.461. The first kappa shape index (κ1) is 14.2. The smallest absolute Gasteiger partial charge is 0.195 e. The van der Waals surface area contributed by atoms with Crippen LogP contribution in [0, 0.1) is 4.77 Å². The molecule has 2 aromatic rings. The number of rotatable bonds is 5. The third kappa shape index (κ3) is 2.70. The summed E-state index contributed by atoms with van der Waals surface area (Å²) >= 11 is 6.81. The molecule has 0 aromatic carbocycles. The van der Waals surface area contributed by atoms with E-state index >= 15 is 0 Å². The Kier molecular flexibility index (Phi) is 4.33. The van der Waals surface area contributed by atoms with Gasteiger partial charge in [-0.2, -0.15) is 5.10 Å². The van der Waals surface area contributed by atoms with E-state index in [0.29, 0.717) is 11.4 Å². The van der Waals surface area contributed by atoms with Crippen molar-refractivity contribution in [2.75, 3.05) is 26.1 Å². The SMILES string of the molecule is CCn1c(-c2sc(N(C)C)nc2COC)n[nH]c1=S. The van der Waals surface area contributed by atoms with Gasteiger partial charge < -0.3 is 9.64 Å². The third-order valence-corrected chi connectivity index (χ3v) is 4.20. The number of methoxy groups -OCH3 is 1. The maximum atomic E-state index is 5.23. The van der Waals surface area contributed by atoms with Gasteiger partial charge in [0, 0.05) is 27.7 Å². The molecule has 0 spiro atoms. The van der Waals surface area contributed by atoms with Crippen molar-refractivity contribution in [3.05, 3.63) is 10.5 Å². The Hall–Kier alpha value is -1.25. The van der Waals surface area contributed by atoms with E-state index in [1.54, 1.807) is 18.4 Å². The Bertz CT molecular complexity index is 613. The first-order chi connectivity index (χ1) is 9.08. The number of hydrogen-bond acceptors (Lipinski definition) is 6. The summed E-state index contributed by atoms with van der Waals surface area (Å²) in [5.74, 6) is 0.824. The maximum absolute atomic E-state index is 5.23. The van der Waals surface area contributed by atoms with Gasteiger partial charge in [0.15, 0.2) is 15.7 Å². The molecular formula is C11H17N5OS2. The van der Waals surface area contributed by atoms with Gasteiger partial charge in [-0.15, -0.1) is 0 Å². The van der Waals surface area contributed by atoms with Crippen molar-refractivity contribution in [3.63, 3.8) is 0 Å². The maximum Gasteiger partial charge on any atom is 0.195 e. The van der Waals surface area contributed by atoms with Crippen molar-refractivity contribution >= 4 is 28.7 Å². The van der Waals surface area contributed by atoms with E-state index in [0.717, 1.165) is 28.1 Å². The van der Waals surface area contributed by atoms with Crippen molar-refractivity contribution in [1.29, 1.82) is 0 Å². The Morgan fingerprint density at radius 2 is 2.21 bits per heavy atom. The Balaban J connectivity index is 2.56. The molecular weight excluding hydrogens is 282 g/mol. The molecule has 0 atom stereocenters. The number of nitrogens with one attached hydrogen (secondary N) is 1. The molecule has 1 N–H and O–H groups in total. The molecule has 0 bridgehead atoms. The first-order valence-corrected chi connectivity index (χ1v) is 7.12. The zero-order valence-electron chi connectivity index (χ0n) is 11.4. The van der Waals surface area contributed by atoms with Crippen molar-refractivity contribution in [1.82, 2.24) is 19.7 Å². The highest BCUT2D eigenvalue weighted by Crippen LogP contribution is 2.33. The lowest BCUT2D eigenvalue weighted by Gasteiger charge is -2.05. The summed E-state index contributed by atoms with van der Waals surface area (Å²) in [5.41, 5.74) is 0.889. The van der Waals surface area contributed by atoms with E-state index in [1.807, 2.05) is 30.5 Å². The number of aromatic amines is 1. The van der Waals surface area contributed by atoms with Gasteiger partial charge in [-0.3, -0.25) is 9.67 Å². The molecule has 6 nitrogen and oxygen atoms in total. The molecule has 0 saturated carbocycles. The van der Waals surface area contributed by atoms with Crippen LogP contribution < -0.4 is 4.90 Å². The number of nitrogens with zero attached hydrogens (tertiary/aromatic N) is 4. The van der Waals surface area contributed by atoms with Gasteiger partial charge in [0.25, 0.3) is 0 Å². The lowest BCUT2D eigenvalue weighted by atomic mass is 10.3.